The second-order valence-electron chi connectivity index (χ2n) is 6.66. The van der Waals surface area contributed by atoms with Gasteiger partial charge in [0.15, 0.2) is 0 Å². The summed E-state index contributed by atoms with van der Waals surface area (Å²) in [4.78, 5) is 12.0. The van der Waals surface area contributed by atoms with Crippen LogP contribution in [0.4, 0.5) is 0 Å². The van der Waals surface area contributed by atoms with Crippen LogP contribution in [0.2, 0.25) is 0 Å². The molecule has 0 spiro atoms. The van der Waals surface area contributed by atoms with E-state index < -0.39 is 0 Å². The van der Waals surface area contributed by atoms with Gasteiger partial charge < -0.3 is 9.84 Å². The van der Waals surface area contributed by atoms with Crippen molar-refractivity contribution in [2.45, 2.75) is 83.7 Å². The van der Waals surface area contributed by atoms with Gasteiger partial charge in [-0.1, -0.05) is 70.4 Å². The Kier molecular flexibility index (Phi) is 7.44. The van der Waals surface area contributed by atoms with Crippen molar-refractivity contribution in [2.75, 3.05) is 0 Å². The normalized spacial score (nSPS) is 16.9. The Bertz CT molecular complexity index is 496. The number of benzene rings is 1. The summed E-state index contributed by atoms with van der Waals surface area (Å²) in [5.74, 6) is -0.334. The monoisotopic (exact) mass is 318 g/mol. The number of carbonyl (C=O) groups is 1. The molecule has 2 rings (SSSR count). The Morgan fingerprint density at radius 2 is 1.70 bits per heavy atom. The zero-order chi connectivity index (χ0) is 16.5. The van der Waals surface area contributed by atoms with Gasteiger partial charge in [0.05, 0.1) is 0 Å². The number of cyclic esters (lactones) is 1. The first kappa shape index (κ1) is 17.8. The summed E-state index contributed by atoms with van der Waals surface area (Å²) in [5, 5.41) is 9.76. The molecule has 1 aliphatic heterocycles. The Balaban J connectivity index is 1.62. The molecule has 128 valence electrons. The average molecular weight is 318 g/mol. The lowest BCUT2D eigenvalue weighted by Crippen LogP contribution is -2.27. The molecule has 0 saturated carbocycles. The Hall–Kier alpha value is -1.51. The number of phenolic OH excluding ortho intramolecular Hbond substituents is 1. The summed E-state index contributed by atoms with van der Waals surface area (Å²) < 4.78 is 5.47. The third-order valence-corrected chi connectivity index (χ3v) is 4.68. The molecule has 3 nitrogen and oxygen atoms in total. The first-order chi connectivity index (χ1) is 11.2. The minimum absolute atomic E-state index is 0.0265. The van der Waals surface area contributed by atoms with Crippen molar-refractivity contribution in [1.29, 1.82) is 0 Å². The number of carbonyl (C=O) groups excluding carboxylic acids is 1. The molecule has 1 aliphatic rings. The Morgan fingerprint density at radius 1 is 1.04 bits per heavy atom. The standard InChI is InChI=1S/C20H30O3/c1-2-3-4-5-6-7-8-9-10-13-17-15-16-12-11-14-18(21)19(16)20(22)23-17/h11-12,14,17,21H,2-10,13,15H2,1H3/t17-/m0/s1. The van der Waals surface area contributed by atoms with Crippen molar-refractivity contribution in [2.24, 2.45) is 0 Å². The predicted molar refractivity (Wildman–Crippen MR) is 92.9 cm³/mol. The summed E-state index contributed by atoms with van der Waals surface area (Å²) >= 11 is 0. The van der Waals surface area contributed by atoms with Crippen molar-refractivity contribution < 1.29 is 14.6 Å². The molecule has 0 fully saturated rings. The number of fused-ring (bicyclic) bond motifs is 1. The fraction of sp³-hybridized carbons (Fsp3) is 0.650. The maximum absolute atomic E-state index is 12.0. The van der Waals surface area contributed by atoms with E-state index in [1.54, 1.807) is 12.1 Å². The minimum atomic E-state index is -0.370. The van der Waals surface area contributed by atoms with Crippen LogP contribution in [-0.4, -0.2) is 17.2 Å². The largest absolute Gasteiger partial charge is 0.507 e. The Labute approximate surface area is 140 Å². The lowest BCUT2D eigenvalue weighted by Gasteiger charge is -2.25. The van der Waals surface area contributed by atoms with Gasteiger partial charge >= 0.3 is 5.97 Å². The number of esters is 1. The molecule has 3 heteroatoms. The molecule has 1 aromatic carbocycles. The van der Waals surface area contributed by atoms with Crippen LogP contribution in [0.25, 0.3) is 0 Å². The van der Waals surface area contributed by atoms with Crippen molar-refractivity contribution in [3.8, 4) is 5.75 Å². The highest BCUT2D eigenvalue weighted by molar-refractivity contribution is 5.95. The molecule has 0 bridgehead atoms. The van der Waals surface area contributed by atoms with Gasteiger partial charge in [-0.2, -0.15) is 0 Å². The highest BCUT2D eigenvalue weighted by Crippen LogP contribution is 2.29. The van der Waals surface area contributed by atoms with E-state index in [4.69, 9.17) is 4.74 Å². The molecule has 0 saturated heterocycles. The molecule has 0 amide bonds. The summed E-state index contributed by atoms with van der Waals surface area (Å²) in [6.07, 6.45) is 13.3. The molecule has 1 atom stereocenters. The van der Waals surface area contributed by atoms with E-state index in [-0.39, 0.29) is 17.8 Å². The lowest BCUT2D eigenvalue weighted by atomic mass is 9.95. The van der Waals surface area contributed by atoms with Crippen molar-refractivity contribution in [3.63, 3.8) is 0 Å². The fourth-order valence-electron chi connectivity index (χ4n) is 3.33. The molecule has 0 aliphatic carbocycles. The van der Waals surface area contributed by atoms with Gasteiger partial charge in [0.25, 0.3) is 0 Å². The van der Waals surface area contributed by atoms with Crippen molar-refractivity contribution >= 4 is 5.97 Å². The molecule has 0 radical (unpaired) electrons. The molecule has 0 unspecified atom stereocenters. The minimum Gasteiger partial charge on any atom is -0.507 e. The number of aromatic hydroxyl groups is 1. The fourth-order valence-corrected chi connectivity index (χ4v) is 3.33. The molecular weight excluding hydrogens is 288 g/mol. The van der Waals surface area contributed by atoms with Crippen LogP contribution in [0.15, 0.2) is 18.2 Å². The van der Waals surface area contributed by atoms with Crippen LogP contribution in [0.3, 0.4) is 0 Å². The van der Waals surface area contributed by atoms with E-state index in [0.29, 0.717) is 5.56 Å². The number of hydrogen-bond acceptors (Lipinski definition) is 3. The van der Waals surface area contributed by atoms with Gasteiger partial charge in [-0.3, -0.25) is 0 Å². The number of phenols is 1. The summed E-state index contributed by atoms with van der Waals surface area (Å²) in [5.41, 5.74) is 1.28. The molecule has 1 heterocycles. The van der Waals surface area contributed by atoms with E-state index in [1.807, 2.05) is 6.07 Å². The average Bonchev–Trinajstić information content (AvgIpc) is 2.53. The molecular formula is C20H30O3. The number of ether oxygens (including phenoxy) is 1. The number of rotatable bonds is 10. The van der Waals surface area contributed by atoms with Crippen molar-refractivity contribution in [1.82, 2.24) is 0 Å². The SMILES string of the molecule is CCCCCCCCCCC[C@H]1Cc2cccc(O)c2C(=O)O1. The van der Waals surface area contributed by atoms with Crippen molar-refractivity contribution in [3.05, 3.63) is 29.3 Å². The van der Waals surface area contributed by atoms with Crippen LogP contribution >= 0.6 is 0 Å². The number of hydrogen-bond donors (Lipinski definition) is 1. The third-order valence-electron chi connectivity index (χ3n) is 4.68. The highest BCUT2D eigenvalue weighted by Gasteiger charge is 2.28. The first-order valence-electron chi connectivity index (χ1n) is 9.24. The quantitative estimate of drug-likeness (QED) is 0.464. The predicted octanol–water partition coefficient (Wildman–Crippen LogP) is 5.39. The van der Waals surface area contributed by atoms with Crippen LogP contribution in [0.1, 0.15) is 87.1 Å². The number of unbranched alkanes of at least 4 members (excludes halogenated alkanes) is 8. The van der Waals surface area contributed by atoms with E-state index >= 15 is 0 Å². The maximum Gasteiger partial charge on any atom is 0.342 e. The summed E-state index contributed by atoms with van der Waals surface area (Å²) in [6.45, 7) is 2.25. The molecule has 1 aromatic rings. The first-order valence-corrected chi connectivity index (χ1v) is 9.24. The van der Waals surface area contributed by atoms with E-state index in [2.05, 4.69) is 6.92 Å². The van der Waals surface area contributed by atoms with Gasteiger partial charge in [-0.25, -0.2) is 4.79 Å². The van der Waals surface area contributed by atoms with E-state index in [0.717, 1.165) is 24.8 Å². The van der Waals surface area contributed by atoms with Gasteiger partial charge in [0.2, 0.25) is 0 Å². The third kappa shape index (κ3) is 5.56. The highest BCUT2D eigenvalue weighted by atomic mass is 16.5. The van der Waals surface area contributed by atoms with Gasteiger partial charge in [0.1, 0.15) is 17.4 Å². The zero-order valence-corrected chi connectivity index (χ0v) is 14.4. The summed E-state index contributed by atoms with van der Waals surface area (Å²) in [6, 6.07) is 5.25. The molecule has 1 N–H and O–H groups in total. The van der Waals surface area contributed by atoms with Crippen LogP contribution in [0.5, 0.6) is 5.75 Å². The second-order valence-corrected chi connectivity index (χ2v) is 6.66. The maximum atomic E-state index is 12.0. The van der Waals surface area contributed by atoms with Gasteiger partial charge in [0, 0.05) is 6.42 Å². The van der Waals surface area contributed by atoms with E-state index in [1.165, 1.54) is 51.4 Å². The van der Waals surface area contributed by atoms with Crippen LogP contribution in [-0.2, 0) is 11.2 Å². The van der Waals surface area contributed by atoms with Crippen LogP contribution < -0.4 is 0 Å². The van der Waals surface area contributed by atoms with Gasteiger partial charge in [-0.05, 0) is 24.5 Å². The van der Waals surface area contributed by atoms with Crippen LogP contribution in [0, 0.1) is 0 Å². The topological polar surface area (TPSA) is 46.5 Å². The summed E-state index contributed by atoms with van der Waals surface area (Å²) in [7, 11) is 0. The van der Waals surface area contributed by atoms with E-state index in [9.17, 15) is 9.90 Å². The smallest absolute Gasteiger partial charge is 0.342 e. The van der Waals surface area contributed by atoms with Gasteiger partial charge in [-0.15, -0.1) is 0 Å². The second kappa shape index (κ2) is 9.59. The Morgan fingerprint density at radius 3 is 2.39 bits per heavy atom. The zero-order valence-electron chi connectivity index (χ0n) is 14.4. The molecule has 0 aromatic heterocycles. The molecule has 23 heavy (non-hydrogen) atoms. The lowest BCUT2D eigenvalue weighted by molar-refractivity contribution is 0.0227.